The molecule has 10 heteroatoms. The highest BCUT2D eigenvalue weighted by Gasteiger charge is 2.27. The fourth-order valence-corrected chi connectivity index (χ4v) is 6.65. The van der Waals surface area contributed by atoms with Gasteiger partial charge in [0.15, 0.2) is 6.10 Å². The van der Waals surface area contributed by atoms with E-state index in [9.17, 15) is 19.0 Å². The van der Waals surface area contributed by atoms with Crippen LogP contribution < -0.4 is 0 Å². The summed E-state index contributed by atoms with van der Waals surface area (Å²) in [5, 5.41) is 0. The maximum Gasteiger partial charge on any atom is 0.472 e. The second-order valence-electron chi connectivity index (χ2n) is 16.8. The van der Waals surface area contributed by atoms with Crippen LogP contribution in [0.2, 0.25) is 0 Å². The van der Waals surface area contributed by atoms with Crippen LogP contribution in [-0.2, 0) is 32.7 Å². The molecule has 0 aromatic rings. The van der Waals surface area contributed by atoms with Crippen LogP contribution in [0.15, 0.2) is 97.2 Å². The smallest absolute Gasteiger partial charge is 0.462 e. The number of carbonyl (C=O) groups is 2. The van der Waals surface area contributed by atoms with Crippen LogP contribution >= 0.6 is 7.82 Å². The lowest BCUT2D eigenvalue weighted by Gasteiger charge is -2.24. The van der Waals surface area contributed by atoms with Crippen molar-refractivity contribution in [3.63, 3.8) is 0 Å². The summed E-state index contributed by atoms with van der Waals surface area (Å²) in [7, 11) is 1.44. The van der Waals surface area contributed by atoms with Crippen molar-refractivity contribution in [2.75, 3.05) is 47.5 Å². The maximum atomic E-state index is 12.7. The van der Waals surface area contributed by atoms with Gasteiger partial charge in [-0.05, 0) is 77.0 Å². The Morgan fingerprint density at radius 1 is 0.516 bits per heavy atom. The molecule has 0 aromatic heterocycles. The first-order valence-electron chi connectivity index (χ1n) is 24.0. The highest BCUT2D eigenvalue weighted by atomic mass is 31.2. The molecule has 0 amide bonds. The molecule has 0 aliphatic heterocycles. The molecule has 9 nitrogen and oxygen atoms in total. The standard InChI is InChI=1S/C52H88NO8P/c1-6-8-10-12-14-16-17-18-19-20-21-22-23-24-25-26-27-28-29-30-31-32-33-34-35-37-39-41-43-45-52(55)61-50(49-60-62(56,57)59-47-46-53(3,4)5)48-58-51(54)44-42-40-38-36-15-13-11-9-7-2/h8,10,14,16,18-19,21-22,24-25,27-28,30-31,33-34,50H,6-7,9,11-13,15,17,20,23,26,29,32,35-49H2,1-5H3/p+1/b10-8-,16-14-,19-18-,22-21-,25-24-,28-27-,31-30-,34-33-. The second-order valence-corrected chi connectivity index (χ2v) is 18.2. The second kappa shape index (κ2) is 43.2. The van der Waals surface area contributed by atoms with Gasteiger partial charge in [0, 0.05) is 12.8 Å². The van der Waals surface area contributed by atoms with Gasteiger partial charge in [0.1, 0.15) is 19.8 Å². The molecule has 0 aliphatic carbocycles. The average molecular weight is 887 g/mol. The third-order valence-electron chi connectivity index (χ3n) is 9.63. The molecule has 2 atom stereocenters. The van der Waals surface area contributed by atoms with Crippen molar-refractivity contribution in [3.05, 3.63) is 97.2 Å². The number of esters is 2. The topological polar surface area (TPSA) is 108 Å². The Morgan fingerprint density at radius 2 is 0.919 bits per heavy atom. The summed E-state index contributed by atoms with van der Waals surface area (Å²) >= 11 is 0. The van der Waals surface area contributed by atoms with Crippen LogP contribution in [0.3, 0.4) is 0 Å². The molecule has 0 saturated heterocycles. The van der Waals surface area contributed by atoms with Crippen molar-refractivity contribution in [2.24, 2.45) is 0 Å². The lowest BCUT2D eigenvalue weighted by molar-refractivity contribution is -0.870. The van der Waals surface area contributed by atoms with Gasteiger partial charge in [-0.2, -0.15) is 0 Å². The molecule has 2 unspecified atom stereocenters. The van der Waals surface area contributed by atoms with Crippen LogP contribution in [0, 0.1) is 0 Å². The lowest BCUT2D eigenvalue weighted by Crippen LogP contribution is -2.37. The number of ether oxygens (including phenoxy) is 2. The molecule has 0 rings (SSSR count). The number of unbranched alkanes of at least 4 members (excludes halogenated alkanes) is 12. The van der Waals surface area contributed by atoms with E-state index in [4.69, 9.17) is 18.5 Å². The number of likely N-dealkylation sites (N-methyl/N-ethyl adjacent to an activating group) is 1. The molecule has 0 saturated carbocycles. The lowest BCUT2D eigenvalue weighted by atomic mass is 10.1. The van der Waals surface area contributed by atoms with Crippen LogP contribution in [0.1, 0.15) is 168 Å². The van der Waals surface area contributed by atoms with Crippen molar-refractivity contribution in [1.82, 2.24) is 0 Å². The van der Waals surface area contributed by atoms with Crippen molar-refractivity contribution in [1.29, 1.82) is 0 Å². The zero-order valence-corrected chi connectivity index (χ0v) is 40.7. The number of hydrogen-bond acceptors (Lipinski definition) is 7. The molecule has 0 heterocycles. The Hall–Kier alpha value is -3.07. The molecule has 62 heavy (non-hydrogen) atoms. The van der Waals surface area contributed by atoms with Crippen molar-refractivity contribution < 1.29 is 42.1 Å². The van der Waals surface area contributed by atoms with E-state index in [1.54, 1.807) is 0 Å². The first kappa shape index (κ1) is 58.9. The average Bonchev–Trinajstić information content (AvgIpc) is 3.23. The monoisotopic (exact) mass is 887 g/mol. The highest BCUT2D eigenvalue weighted by Crippen LogP contribution is 2.43. The number of phosphoric acid groups is 1. The summed E-state index contributed by atoms with van der Waals surface area (Å²) in [6.45, 7) is 4.23. The minimum Gasteiger partial charge on any atom is -0.462 e. The van der Waals surface area contributed by atoms with E-state index in [-0.39, 0.29) is 32.0 Å². The minimum atomic E-state index is -4.39. The van der Waals surface area contributed by atoms with Gasteiger partial charge in [-0.1, -0.05) is 175 Å². The summed E-state index contributed by atoms with van der Waals surface area (Å²) in [5.74, 6) is -0.839. The zero-order chi connectivity index (χ0) is 45.7. The molecular weight excluding hydrogens is 798 g/mol. The SMILES string of the molecule is CC/C=C\C/C=C\C/C=C\C/C=C\C/C=C\C/C=C\C/C=C\C/C=C\CCCCCCC(=O)OC(COC(=O)CCCCCCCCCCC)COP(=O)(O)OCC[N+](C)(C)C. The van der Waals surface area contributed by atoms with E-state index in [1.165, 1.54) is 38.5 Å². The third-order valence-corrected chi connectivity index (χ3v) is 10.6. The van der Waals surface area contributed by atoms with Gasteiger partial charge in [-0.15, -0.1) is 0 Å². The van der Waals surface area contributed by atoms with Crippen molar-refractivity contribution in [2.45, 2.75) is 174 Å². The number of nitrogens with zero attached hydrogens (tertiary/aromatic N) is 1. The molecule has 0 fully saturated rings. The van der Waals surface area contributed by atoms with E-state index in [1.807, 2.05) is 21.1 Å². The predicted molar refractivity (Wildman–Crippen MR) is 261 cm³/mol. The van der Waals surface area contributed by atoms with Gasteiger partial charge >= 0.3 is 19.8 Å². The van der Waals surface area contributed by atoms with Gasteiger partial charge in [0.05, 0.1) is 27.7 Å². The van der Waals surface area contributed by atoms with Crippen molar-refractivity contribution in [3.8, 4) is 0 Å². The van der Waals surface area contributed by atoms with E-state index >= 15 is 0 Å². The number of carbonyl (C=O) groups excluding carboxylic acids is 2. The number of quaternary nitrogens is 1. The molecule has 1 N–H and O–H groups in total. The summed E-state index contributed by atoms with van der Waals surface area (Å²) in [6, 6.07) is 0. The van der Waals surface area contributed by atoms with Gasteiger partial charge in [0.25, 0.3) is 0 Å². The number of hydrogen-bond donors (Lipinski definition) is 1. The molecule has 0 bridgehead atoms. The van der Waals surface area contributed by atoms with Gasteiger partial charge in [-0.3, -0.25) is 18.6 Å². The van der Waals surface area contributed by atoms with Crippen LogP contribution in [0.25, 0.3) is 0 Å². The van der Waals surface area contributed by atoms with E-state index in [2.05, 4.69) is 111 Å². The third kappa shape index (κ3) is 46.4. The number of rotatable bonds is 42. The molecule has 354 valence electrons. The Labute approximate surface area is 379 Å². The quantitative estimate of drug-likeness (QED) is 0.0212. The van der Waals surface area contributed by atoms with E-state index in [0.717, 1.165) is 96.3 Å². The Balaban J connectivity index is 4.28. The predicted octanol–water partition coefficient (Wildman–Crippen LogP) is 14.1. The fourth-order valence-electron chi connectivity index (χ4n) is 5.91. The first-order chi connectivity index (χ1) is 30.0. The minimum absolute atomic E-state index is 0.0219. The number of phosphoric ester groups is 1. The van der Waals surface area contributed by atoms with Crippen LogP contribution in [0.5, 0.6) is 0 Å². The van der Waals surface area contributed by atoms with E-state index in [0.29, 0.717) is 17.4 Å². The summed E-state index contributed by atoms with van der Waals surface area (Å²) < 4.78 is 34.2. The molecular formula is C52H89NO8P+. The Kier molecular flexibility index (Phi) is 41.1. The first-order valence-corrected chi connectivity index (χ1v) is 25.5. The van der Waals surface area contributed by atoms with Crippen LogP contribution in [0.4, 0.5) is 0 Å². The normalized spacial score (nSPS) is 14.4. The largest absolute Gasteiger partial charge is 0.472 e. The fraction of sp³-hybridized carbons (Fsp3) is 0.654. The summed E-state index contributed by atoms with van der Waals surface area (Å²) in [5.41, 5.74) is 0. The van der Waals surface area contributed by atoms with Crippen LogP contribution in [-0.4, -0.2) is 74.9 Å². The summed E-state index contributed by atoms with van der Waals surface area (Å²) in [4.78, 5) is 35.3. The maximum absolute atomic E-state index is 12.7. The highest BCUT2D eigenvalue weighted by molar-refractivity contribution is 7.47. The number of allylic oxidation sites excluding steroid dienone is 16. The van der Waals surface area contributed by atoms with Crippen molar-refractivity contribution >= 4 is 19.8 Å². The Morgan fingerprint density at radius 3 is 1.37 bits per heavy atom. The molecule has 0 radical (unpaired) electrons. The summed E-state index contributed by atoms with van der Waals surface area (Å²) in [6.07, 6.45) is 57.6. The van der Waals surface area contributed by atoms with E-state index < -0.39 is 26.5 Å². The van der Waals surface area contributed by atoms with Gasteiger partial charge < -0.3 is 18.9 Å². The Bertz CT molecular complexity index is 1370. The van der Waals surface area contributed by atoms with Gasteiger partial charge in [0.2, 0.25) is 0 Å². The zero-order valence-electron chi connectivity index (χ0n) is 39.8. The van der Waals surface area contributed by atoms with Gasteiger partial charge in [-0.25, -0.2) is 4.57 Å². The molecule has 0 aromatic carbocycles. The molecule has 0 spiro atoms. The molecule has 0 aliphatic rings.